The predicted octanol–water partition coefficient (Wildman–Crippen LogP) is 2.61. The lowest BCUT2D eigenvalue weighted by atomic mass is 9.90. The Balaban J connectivity index is 2.63. The fourth-order valence-electron chi connectivity index (χ4n) is 2.10. The number of hydrogen-bond acceptors (Lipinski definition) is 3. The second kappa shape index (κ2) is 3.82. The highest BCUT2D eigenvalue weighted by molar-refractivity contribution is 6.31. The average Bonchev–Trinajstić information content (AvgIpc) is 2.15. The second-order valence-corrected chi connectivity index (χ2v) is 5.01. The molecule has 1 aromatic carbocycles. The van der Waals surface area contributed by atoms with Gasteiger partial charge < -0.3 is 15.2 Å². The summed E-state index contributed by atoms with van der Waals surface area (Å²) in [6.07, 6.45) is 0. The largest absolute Gasteiger partial charge is 0.486 e. The number of fused-ring (bicyclic) bond motifs is 1. The molecule has 0 aliphatic carbocycles. The van der Waals surface area contributed by atoms with Gasteiger partial charge in [0.25, 0.3) is 0 Å². The molecule has 1 aliphatic heterocycles. The molecule has 1 heterocycles. The first-order valence-electron chi connectivity index (χ1n) is 5.29. The van der Waals surface area contributed by atoms with Crippen molar-refractivity contribution < 1.29 is 9.47 Å². The van der Waals surface area contributed by atoms with E-state index in [1.807, 2.05) is 20.8 Å². The fourth-order valence-corrected chi connectivity index (χ4v) is 2.59. The Morgan fingerprint density at radius 3 is 2.56 bits per heavy atom. The number of rotatable bonds is 1. The molecular formula is C12H16ClNO2. The first-order chi connectivity index (χ1) is 7.41. The van der Waals surface area contributed by atoms with Crippen molar-refractivity contribution in [3.8, 4) is 11.5 Å². The summed E-state index contributed by atoms with van der Waals surface area (Å²) in [6, 6.07) is 1.78. The Hall–Kier alpha value is -0.930. The molecule has 2 rings (SSSR count). The molecule has 0 spiro atoms. The third-order valence-corrected chi connectivity index (χ3v) is 2.97. The summed E-state index contributed by atoms with van der Waals surface area (Å²) in [6.45, 7) is 6.95. The van der Waals surface area contributed by atoms with Crippen molar-refractivity contribution in [2.75, 3.05) is 13.2 Å². The van der Waals surface area contributed by atoms with Crippen LogP contribution < -0.4 is 15.2 Å². The van der Waals surface area contributed by atoms with E-state index in [9.17, 15) is 0 Å². The van der Waals surface area contributed by atoms with E-state index in [4.69, 9.17) is 26.8 Å². The summed E-state index contributed by atoms with van der Waals surface area (Å²) in [5.74, 6) is 1.48. The van der Waals surface area contributed by atoms with Gasteiger partial charge in [-0.05, 0) is 26.3 Å². The van der Waals surface area contributed by atoms with Crippen LogP contribution in [0.5, 0.6) is 11.5 Å². The zero-order valence-electron chi connectivity index (χ0n) is 9.76. The van der Waals surface area contributed by atoms with E-state index in [0.717, 1.165) is 16.9 Å². The van der Waals surface area contributed by atoms with Gasteiger partial charge in [-0.15, -0.1) is 0 Å². The van der Waals surface area contributed by atoms with Gasteiger partial charge in [0.1, 0.15) is 13.2 Å². The van der Waals surface area contributed by atoms with Gasteiger partial charge in [0, 0.05) is 22.2 Å². The van der Waals surface area contributed by atoms with E-state index < -0.39 is 5.54 Å². The lowest BCUT2D eigenvalue weighted by Gasteiger charge is -2.28. The molecule has 0 saturated heterocycles. The molecule has 3 nitrogen and oxygen atoms in total. The van der Waals surface area contributed by atoms with Crippen LogP contribution in [0.2, 0.25) is 5.02 Å². The van der Waals surface area contributed by atoms with Crippen LogP contribution in [0.1, 0.15) is 25.0 Å². The summed E-state index contributed by atoms with van der Waals surface area (Å²) in [5, 5.41) is 0.634. The number of ether oxygens (including phenoxy) is 2. The molecule has 0 fully saturated rings. The van der Waals surface area contributed by atoms with E-state index in [1.165, 1.54) is 0 Å². The lowest BCUT2D eigenvalue weighted by molar-refractivity contribution is 0.170. The molecule has 1 aromatic rings. The zero-order valence-corrected chi connectivity index (χ0v) is 10.5. The summed E-state index contributed by atoms with van der Waals surface area (Å²) >= 11 is 6.24. The van der Waals surface area contributed by atoms with Gasteiger partial charge in [-0.2, -0.15) is 0 Å². The first-order valence-corrected chi connectivity index (χ1v) is 5.67. The quantitative estimate of drug-likeness (QED) is 0.822. The first kappa shape index (κ1) is 11.6. The smallest absolute Gasteiger partial charge is 0.164 e. The molecule has 0 bridgehead atoms. The minimum atomic E-state index is -0.489. The topological polar surface area (TPSA) is 44.5 Å². The molecule has 0 radical (unpaired) electrons. The average molecular weight is 242 g/mol. The van der Waals surface area contributed by atoms with Crippen LogP contribution in [0.4, 0.5) is 0 Å². The third kappa shape index (κ3) is 1.85. The van der Waals surface area contributed by atoms with Crippen LogP contribution >= 0.6 is 11.6 Å². The number of benzene rings is 1. The molecule has 0 atom stereocenters. The highest BCUT2D eigenvalue weighted by Crippen LogP contribution is 2.42. The lowest BCUT2D eigenvalue weighted by Crippen LogP contribution is -2.30. The molecule has 4 heteroatoms. The number of halogens is 1. The Morgan fingerprint density at radius 2 is 1.94 bits per heavy atom. The van der Waals surface area contributed by atoms with E-state index >= 15 is 0 Å². The maximum atomic E-state index is 6.24. The fraction of sp³-hybridized carbons (Fsp3) is 0.500. The summed E-state index contributed by atoms with van der Waals surface area (Å²) in [4.78, 5) is 0. The minimum absolute atomic E-state index is 0.489. The van der Waals surface area contributed by atoms with Crippen LogP contribution in [0.15, 0.2) is 6.07 Å². The molecular weight excluding hydrogens is 226 g/mol. The number of hydrogen-bond donors (Lipinski definition) is 1. The third-order valence-electron chi connectivity index (χ3n) is 2.67. The van der Waals surface area contributed by atoms with Crippen LogP contribution in [0.3, 0.4) is 0 Å². The Labute approximate surface area is 100 Å². The van der Waals surface area contributed by atoms with E-state index in [1.54, 1.807) is 6.07 Å². The Kier molecular flexibility index (Phi) is 2.76. The molecule has 0 unspecified atom stereocenters. The number of nitrogens with two attached hydrogens (primary N) is 1. The van der Waals surface area contributed by atoms with E-state index in [-0.39, 0.29) is 0 Å². The normalized spacial score (nSPS) is 15.1. The maximum Gasteiger partial charge on any atom is 0.164 e. The summed E-state index contributed by atoms with van der Waals surface area (Å²) in [5.41, 5.74) is 7.50. The Bertz CT molecular complexity index is 424. The molecule has 2 N–H and O–H groups in total. The van der Waals surface area contributed by atoms with Crippen LogP contribution in [0.25, 0.3) is 0 Å². The van der Waals surface area contributed by atoms with Crippen LogP contribution in [-0.2, 0) is 5.54 Å². The molecule has 0 saturated carbocycles. The van der Waals surface area contributed by atoms with Gasteiger partial charge in [-0.25, -0.2) is 0 Å². The summed E-state index contributed by atoms with van der Waals surface area (Å²) in [7, 11) is 0. The van der Waals surface area contributed by atoms with Gasteiger partial charge in [0.05, 0.1) is 0 Å². The Morgan fingerprint density at radius 1 is 1.31 bits per heavy atom. The van der Waals surface area contributed by atoms with E-state index in [0.29, 0.717) is 24.0 Å². The monoisotopic (exact) mass is 241 g/mol. The second-order valence-electron chi connectivity index (χ2n) is 4.60. The maximum absolute atomic E-state index is 6.24. The molecule has 88 valence electrons. The molecule has 16 heavy (non-hydrogen) atoms. The zero-order chi connectivity index (χ0) is 11.9. The van der Waals surface area contributed by atoms with Gasteiger partial charge in [-0.1, -0.05) is 11.6 Å². The standard InChI is InChI=1S/C12H16ClNO2/c1-7-10(12(2,3)14)8(13)6-9-11(7)16-5-4-15-9/h6H,4-5,14H2,1-3H3. The highest BCUT2D eigenvalue weighted by atomic mass is 35.5. The minimum Gasteiger partial charge on any atom is -0.486 e. The van der Waals surface area contributed by atoms with Crippen molar-refractivity contribution >= 4 is 11.6 Å². The van der Waals surface area contributed by atoms with Gasteiger partial charge in [0.2, 0.25) is 0 Å². The molecule has 0 aromatic heterocycles. The van der Waals surface area contributed by atoms with Crippen molar-refractivity contribution in [2.24, 2.45) is 5.73 Å². The van der Waals surface area contributed by atoms with Crippen molar-refractivity contribution in [2.45, 2.75) is 26.3 Å². The summed E-state index contributed by atoms with van der Waals surface area (Å²) < 4.78 is 11.1. The van der Waals surface area contributed by atoms with Gasteiger partial charge in [-0.3, -0.25) is 0 Å². The van der Waals surface area contributed by atoms with Crippen molar-refractivity contribution in [3.63, 3.8) is 0 Å². The predicted molar refractivity (Wildman–Crippen MR) is 64.4 cm³/mol. The molecule has 0 amide bonds. The van der Waals surface area contributed by atoms with Crippen LogP contribution in [-0.4, -0.2) is 13.2 Å². The van der Waals surface area contributed by atoms with Crippen molar-refractivity contribution in [3.05, 3.63) is 22.2 Å². The van der Waals surface area contributed by atoms with Crippen molar-refractivity contribution in [1.82, 2.24) is 0 Å². The van der Waals surface area contributed by atoms with Gasteiger partial charge >= 0.3 is 0 Å². The van der Waals surface area contributed by atoms with Crippen molar-refractivity contribution in [1.29, 1.82) is 0 Å². The highest BCUT2D eigenvalue weighted by Gasteiger charge is 2.26. The molecule has 1 aliphatic rings. The van der Waals surface area contributed by atoms with E-state index in [2.05, 4.69) is 0 Å². The SMILES string of the molecule is Cc1c2c(cc(Cl)c1C(C)(C)N)OCCO2. The van der Waals surface area contributed by atoms with Crippen LogP contribution in [0, 0.1) is 6.92 Å². The van der Waals surface area contributed by atoms with Gasteiger partial charge in [0.15, 0.2) is 11.5 Å².